The van der Waals surface area contributed by atoms with Crippen molar-refractivity contribution in [1.82, 2.24) is 0 Å². The molecule has 0 aliphatic carbocycles. The molecule has 0 amide bonds. The number of rotatable bonds is 8. The summed E-state index contributed by atoms with van der Waals surface area (Å²) in [5.41, 5.74) is 2.75. The van der Waals surface area contributed by atoms with E-state index in [0.717, 1.165) is 0 Å². The molecular formula is C23H24O6. The van der Waals surface area contributed by atoms with Gasteiger partial charge in [-0.2, -0.15) is 0 Å². The van der Waals surface area contributed by atoms with Gasteiger partial charge in [0.2, 0.25) is 0 Å². The van der Waals surface area contributed by atoms with Crippen molar-refractivity contribution >= 4 is 17.9 Å². The summed E-state index contributed by atoms with van der Waals surface area (Å²) in [6, 6.07) is 12.4. The van der Waals surface area contributed by atoms with Crippen LogP contribution >= 0.6 is 0 Å². The number of esters is 3. The molecule has 0 spiro atoms. The van der Waals surface area contributed by atoms with Crippen molar-refractivity contribution in [3.8, 4) is 11.1 Å². The first-order valence-electron chi connectivity index (χ1n) is 9.11. The van der Waals surface area contributed by atoms with Crippen LogP contribution in [0.15, 0.2) is 54.6 Å². The molecule has 2 aromatic carbocycles. The zero-order chi connectivity index (χ0) is 21.4. The topological polar surface area (TPSA) is 78.9 Å². The van der Waals surface area contributed by atoms with Gasteiger partial charge in [0.25, 0.3) is 0 Å². The monoisotopic (exact) mass is 396 g/mol. The van der Waals surface area contributed by atoms with E-state index in [2.05, 4.69) is 6.58 Å². The van der Waals surface area contributed by atoms with Gasteiger partial charge < -0.3 is 14.2 Å². The molecule has 0 saturated carbocycles. The lowest BCUT2D eigenvalue weighted by molar-refractivity contribution is -0.139. The van der Waals surface area contributed by atoms with E-state index in [1.807, 2.05) is 30.3 Å². The Morgan fingerprint density at radius 3 is 2.17 bits per heavy atom. The Bertz CT molecular complexity index is 914. The average molecular weight is 396 g/mol. The van der Waals surface area contributed by atoms with E-state index in [-0.39, 0.29) is 12.2 Å². The van der Waals surface area contributed by atoms with Crippen molar-refractivity contribution < 1.29 is 28.6 Å². The molecular weight excluding hydrogens is 372 g/mol. The van der Waals surface area contributed by atoms with E-state index in [1.165, 1.54) is 14.2 Å². The van der Waals surface area contributed by atoms with Crippen molar-refractivity contribution in [1.29, 1.82) is 0 Å². The van der Waals surface area contributed by atoms with Crippen LogP contribution in [-0.2, 0) is 25.4 Å². The van der Waals surface area contributed by atoms with Gasteiger partial charge in [-0.25, -0.2) is 14.4 Å². The number of benzene rings is 2. The quantitative estimate of drug-likeness (QED) is 0.291. The molecule has 0 saturated heterocycles. The number of aryl methyl sites for hydroxylation is 1. The van der Waals surface area contributed by atoms with E-state index in [9.17, 15) is 14.4 Å². The highest BCUT2D eigenvalue weighted by Gasteiger charge is 2.24. The first-order valence-corrected chi connectivity index (χ1v) is 9.11. The molecule has 6 heteroatoms. The van der Waals surface area contributed by atoms with Crippen LogP contribution in [0.4, 0.5) is 0 Å². The van der Waals surface area contributed by atoms with Gasteiger partial charge in [0, 0.05) is 11.1 Å². The van der Waals surface area contributed by atoms with E-state index < -0.39 is 17.9 Å². The molecule has 2 aromatic rings. The molecule has 29 heavy (non-hydrogen) atoms. The Morgan fingerprint density at radius 1 is 0.931 bits per heavy atom. The van der Waals surface area contributed by atoms with Gasteiger partial charge in [-0.1, -0.05) is 43.0 Å². The van der Waals surface area contributed by atoms with E-state index >= 15 is 0 Å². The molecule has 0 aliphatic rings. The highest BCUT2D eigenvalue weighted by atomic mass is 16.5. The van der Waals surface area contributed by atoms with Crippen molar-refractivity contribution in [3.63, 3.8) is 0 Å². The molecule has 0 heterocycles. The Labute approximate surface area is 170 Å². The molecule has 0 atom stereocenters. The lowest BCUT2D eigenvalue weighted by Crippen LogP contribution is -2.14. The molecule has 0 N–H and O–H groups in total. The fourth-order valence-electron chi connectivity index (χ4n) is 2.92. The highest BCUT2D eigenvalue weighted by molar-refractivity contribution is 6.07. The van der Waals surface area contributed by atoms with Gasteiger partial charge in [-0.05, 0) is 37.0 Å². The Morgan fingerprint density at radius 2 is 1.59 bits per heavy atom. The molecule has 0 radical (unpaired) electrons. The molecule has 0 bridgehead atoms. The fraction of sp³-hybridized carbons (Fsp3) is 0.261. The largest absolute Gasteiger partial charge is 0.465 e. The van der Waals surface area contributed by atoms with Crippen molar-refractivity contribution in [2.45, 2.75) is 19.8 Å². The van der Waals surface area contributed by atoms with Gasteiger partial charge in [-0.15, -0.1) is 0 Å². The van der Waals surface area contributed by atoms with Gasteiger partial charge >= 0.3 is 17.9 Å². The van der Waals surface area contributed by atoms with Gasteiger partial charge in [0.1, 0.15) is 0 Å². The first-order chi connectivity index (χ1) is 13.9. The van der Waals surface area contributed by atoms with Crippen LogP contribution in [0.25, 0.3) is 11.1 Å². The molecule has 0 aromatic heterocycles. The lowest BCUT2D eigenvalue weighted by Gasteiger charge is -2.17. The van der Waals surface area contributed by atoms with Gasteiger partial charge in [0.05, 0.1) is 32.0 Å². The molecule has 152 valence electrons. The van der Waals surface area contributed by atoms with Crippen LogP contribution in [0.5, 0.6) is 0 Å². The number of hydrogen-bond donors (Lipinski definition) is 0. The first kappa shape index (κ1) is 21.9. The second kappa shape index (κ2) is 10.2. The number of hydrogen-bond acceptors (Lipinski definition) is 6. The summed E-state index contributed by atoms with van der Waals surface area (Å²) in [6.45, 7) is 5.31. The summed E-state index contributed by atoms with van der Waals surface area (Å²) < 4.78 is 15.0. The minimum atomic E-state index is -0.552. The van der Waals surface area contributed by atoms with Crippen LogP contribution in [0, 0.1) is 0 Å². The third kappa shape index (κ3) is 5.31. The summed E-state index contributed by atoms with van der Waals surface area (Å²) in [4.78, 5) is 36.5. The van der Waals surface area contributed by atoms with Gasteiger partial charge in [0.15, 0.2) is 0 Å². The fourth-order valence-corrected chi connectivity index (χ4v) is 2.92. The summed E-state index contributed by atoms with van der Waals surface area (Å²) in [5.74, 6) is -1.55. The van der Waals surface area contributed by atoms with Crippen molar-refractivity contribution in [3.05, 3.63) is 71.3 Å². The maximum Gasteiger partial charge on any atom is 0.338 e. The lowest BCUT2D eigenvalue weighted by atomic mass is 9.89. The second-order valence-corrected chi connectivity index (χ2v) is 6.39. The number of ether oxygens (including phenoxy) is 3. The van der Waals surface area contributed by atoms with Crippen LogP contribution in [-0.4, -0.2) is 38.7 Å². The molecule has 2 rings (SSSR count). The molecule has 0 unspecified atom stereocenters. The second-order valence-electron chi connectivity index (χ2n) is 6.39. The highest BCUT2D eigenvalue weighted by Crippen LogP contribution is 2.32. The zero-order valence-electron chi connectivity index (χ0n) is 16.8. The Balaban J connectivity index is 2.47. The smallest absolute Gasteiger partial charge is 0.338 e. The van der Waals surface area contributed by atoms with Gasteiger partial charge in [-0.3, -0.25) is 0 Å². The summed E-state index contributed by atoms with van der Waals surface area (Å²) >= 11 is 0. The Kier molecular flexibility index (Phi) is 7.71. The zero-order valence-corrected chi connectivity index (χ0v) is 16.8. The maximum atomic E-state index is 12.7. The number of methoxy groups -OCH3 is 2. The molecule has 0 fully saturated rings. The van der Waals surface area contributed by atoms with Crippen LogP contribution in [0.3, 0.4) is 0 Å². The standard InChI is InChI=1S/C23H24O6/c1-15(2)21(24)29-14-8-11-17-12-13-18(22(25)27-3)19(20(17)23(26)28-4)16-9-6-5-7-10-16/h5-7,9-10,12-13H,1,8,11,14H2,2-4H3. The number of carbonyl (C=O) groups excluding carboxylic acids is 3. The normalized spacial score (nSPS) is 10.2. The third-order valence-corrected chi connectivity index (χ3v) is 4.32. The third-order valence-electron chi connectivity index (χ3n) is 4.32. The SMILES string of the molecule is C=C(C)C(=O)OCCCc1ccc(C(=O)OC)c(-c2ccccc2)c1C(=O)OC. The molecule has 0 aliphatic heterocycles. The van der Waals surface area contributed by atoms with Crippen LogP contribution in [0.2, 0.25) is 0 Å². The summed E-state index contributed by atoms with van der Waals surface area (Å²) in [5, 5.41) is 0. The predicted molar refractivity (Wildman–Crippen MR) is 109 cm³/mol. The summed E-state index contributed by atoms with van der Waals surface area (Å²) in [7, 11) is 2.58. The number of carbonyl (C=O) groups is 3. The molecule has 6 nitrogen and oxygen atoms in total. The van der Waals surface area contributed by atoms with Crippen molar-refractivity contribution in [2.75, 3.05) is 20.8 Å². The van der Waals surface area contributed by atoms with Crippen molar-refractivity contribution in [2.24, 2.45) is 0 Å². The van der Waals surface area contributed by atoms with Crippen LogP contribution < -0.4 is 0 Å². The summed E-state index contributed by atoms with van der Waals surface area (Å²) in [6.07, 6.45) is 0.948. The minimum absolute atomic E-state index is 0.186. The minimum Gasteiger partial charge on any atom is -0.465 e. The maximum absolute atomic E-state index is 12.7. The van der Waals surface area contributed by atoms with E-state index in [0.29, 0.717) is 40.7 Å². The predicted octanol–water partition coefficient (Wildman–Crippen LogP) is 3.98. The average Bonchev–Trinajstić information content (AvgIpc) is 2.75. The van der Waals surface area contributed by atoms with E-state index in [4.69, 9.17) is 14.2 Å². The van der Waals surface area contributed by atoms with E-state index in [1.54, 1.807) is 19.1 Å². The Hall–Kier alpha value is -3.41. The van der Waals surface area contributed by atoms with Crippen LogP contribution in [0.1, 0.15) is 39.6 Å².